The van der Waals surface area contributed by atoms with Gasteiger partial charge in [0.15, 0.2) is 0 Å². The Hall–Kier alpha value is -3.78. The van der Waals surface area contributed by atoms with E-state index in [-0.39, 0.29) is 0 Å². The predicted molar refractivity (Wildman–Crippen MR) is 126 cm³/mol. The number of hydrogen-bond donors (Lipinski definition) is 2. The van der Waals surface area contributed by atoms with Crippen molar-refractivity contribution in [3.05, 3.63) is 101 Å². The van der Waals surface area contributed by atoms with Crippen molar-refractivity contribution in [2.24, 2.45) is 0 Å². The Labute approximate surface area is 173 Å². The lowest BCUT2D eigenvalue weighted by molar-refractivity contribution is 1.06. The summed E-state index contributed by atoms with van der Waals surface area (Å²) in [4.78, 5) is 3.65. The van der Waals surface area contributed by atoms with Crippen molar-refractivity contribution in [1.82, 2.24) is 4.98 Å². The van der Waals surface area contributed by atoms with Crippen LogP contribution in [0.15, 0.2) is 78.5 Å². The van der Waals surface area contributed by atoms with Crippen molar-refractivity contribution in [3.8, 4) is 0 Å². The lowest BCUT2D eigenvalue weighted by Gasteiger charge is -2.30. The van der Waals surface area contributed by atoms with Gasteiger partial charge in [0.05, 0.1) is 5.92 Å². The maximum atomic E-state index is 3.68. The SMILES string of the molecule is C1=C2Nc3ccccc3C2C2=CCc3c4c2c1ccc4cc1[nH]c2ccccc2c31. The van der Waals surface area contributed by atoms with Crippen LogP contribution in [0.1, 0.15) is 28.2 Å². The molecule has 1 atom stereocenters. The Morgan fingerprint density at radius 3 is 2.73 bits per heavy atom. The van der Waals surface area contributed by atoms with Gasteiger partial charge >= 0.3 is 0 Å². The van der Waals surface area contributed by atoms with Crippen LogP contribution in [0.2, 0.25) is 0 Å². The van der Waals surface area contributed by atoms with E-state index in [1.807, 2.05) is 0 Å². The van der Waals surface area contributed by atoms with Gasteiger partial charge in [0, 0.05) is 33.2 Å². The Morgan fingerprint density at radius 1 is 0.833 bits per heavy atom. The van der Waals surface area contributed by atoms with Gasteiger partial charge in [0.25, 0.3) is 0 Å². The highest BCUT2D eigenvalue weighted by atomic mass is 14.9. The first-order valence-corrected chi connectivity index (χ1v) is 10.6. The van der Waals surface area contributed by atoms with Gasteiger partial charge < -0.3 is 10.3 Å². The fraction of sp³-hybridized carbons (Fsp3) is 0.0714. The Bertz CT molecular complexity index is 1640. The number of aromatic nitrogens is 1. The number of allylic oxidation sites excluding steroid dienone is 2. The first-order valence-electron chi connectivity index (χ1n) is 10.6. The average molecular weight is 382 g/mol. The Morgan fingerprint density at radius 2 is 1.73 bits per heavy atom. The summed E-state index contributed by atoms with van der Waals surface area (Å²) in [5.74, 6) is 0.325. The minimum Gasteiger partial charge on any atom is -0.358 e. The van der Waals surface area contributed by atoms with Crippen molar-refractivity contribution in [1.29, 1.82) is 0 Å². The molecular weight excluding hydrogens is 364 g/mol. The number of H-pyrrole nitrogens is 1. The molecule has 0 amide bonds. The summed E-state index contributed by atoms with van der Waals surface area (Å²) in [6, 6.07) is 24.4. The van der Waals surface area contributed by atoms with Gasteiger partial charge in [0.2, 0.25) is 0 Å². The van der Waals surface area contributed by atoms with E-state index >= 15 is 0 Å². The normalized spacial score (nSPS) is 18.2. The third-order valence-electron chi connectivity index (χ3n) is 7.21. The molecule has 0 fully saturated rings. The third-order valence-corrected chi connectivity index (χ3v) is 7.21. The second-order valence-corrected chi connectivity index (χ2v) is 8.68. The second-order valence-electron chi connectivity index (χ2n) is 8.68. The molecule has 0 saturated heterocycles. The van der Waals surface area contributed by atoms with Crippen LogP contribution in [0.25, 0.3) is 44.2 Å². The maximum absolute atomic E-state index is 3.68. The molecule has 1 aliphatic heterocycles. The van der Waals surface area contributed by atoms with E-state index < -0.39 is 0 Å². The topological polar surface area (TPSA) is 27.8 Å². The first kappa shape index (κ1) is 15.1. The number of nitrogens with one attached hydrogen (secondary N) is 2. The molecule has 3 aliphatic rings. The summed E-state index contributed by atoms with van der Waals surface area (Å²) in [5.41, 5.74) is 12.1. The smallest absolute Gasteiger partial charge is 0.0514 e. The summed E-state index contributed by atoms with van der Waals surface area (Å²) < 4.78 is 0. The summed E-state index contributed by atoms with van der Waals surface area (Å²) in [7, 11) is 0. The van der Waals surface area contributed by atoms with Crippen molar-refractivity contribution in [2.45, 2.75) is 12.3 Å². The molecule has 0 radical (unpaired) electrons. The van der Waals surface area contributed by atoms with Crippen LogP contribution in [0.3, 0.4) is 0 Å². The standard InChI is InChI=1S/C28H18N2/c1-3-7-21-17(5-1)27-19-11-12-20-26-16(10-9-15(25(19)26)13-23(27)29-21)14-24-28(20)18-6-2-4-8-22(18)30-24/h1-11,13-14,27,29-30H,12H2. The molecule has 140 valence electrons. The van der Waals surface area contributed by atoms with Gasteiger partial charge in [-0.2, -0.15) is 0 Å². The van der Waals surface area contributed by atoms with E-state index in [0.717, 1.165) is 6.42 Å². The van der Waals surface area contributed by atoms with Crippen LogP contribution in [0.4, 0.5) is 5.69 Å². The number of para-hydroxylation sites is 2. The monoisotopic (exact) mass is 382 g/mol. The van der Waals surface area contributed by atoms with E-state index in [9.17, 15) is 0 Å². The Kier molecular flexibility index (Phi) is 2.53. The van der Waals surface area contributed by atoms with E-state index in [0.29, 0.717) is 5.92 Å². The minimum absolute atomic E-state index is 0.325. The number of anilines is 1. The van der Waals surface area contributed by atoms with Gasteiger partial charge in [0.1, 0.15) is 0 Å². The summed E-state index contributed by atoms with van der Waals surface area (Å²) in [6.07, 6.45) is 5.84. The highest BCUT2D eigenvalue weighted by Crippen LogP contribution is 2.54. The first-order chi connectivity index (χ1) is 14.9. The second kappa shape index (κ2) is 5.03. The molecule has 2 nitrogen and oxygen atoms in total. The fourth-order valence-electron chi connectivity index (χ4n) is 6.05. The number of rotatable bonds is 0. The molecule has 2 N–H and O–H groups in total. The van der Waals surface area contributed by atoms with Gasteiger partial charge in [-0.3, -0.25) is 0 Å². The van der Waals surface area contributed by atoms with Crippen LogP contribution in [-0.2, 0) is 6.42 Å². The molecule has 2 aliphatic carbocycles. The van der Waals surface area contributed by atoms with Crippen LogP contribution in [0, 0.1) is 0 Å². The van der Waals surface area contributed by atoms with E-state index in [2.05, 4.69) is 89.2 Å². The molecule has 1 aromatic heterocycles. The van der Waals surface area contributed by atoms with E-state index in [4.69, 9.17) is 0 Å². The molecule has 8 rings (SSSR count). The quantitative estimate of drug-likeness (QED) is 0.297. The van der Waals surface area contributed by atoms with Crippen LogP contribution >= 0.6 is 0 Å². The summed E-state index contributed by atoms with van der Waals surface area (Å²) in [5, 5.41) is 9.18. The molecule has 0 saturated carbocycles. The molecule has 30 heavy (non-hydrogen) atoms. The maximum Gasteiger partial charge on any atom is 0.0514 e. The van der Waals surface area contributed by atoms with Crippen molar-refractivity contribution in [3.63, 3.8) is 0 Å². The molecule has 2 heterocycles. The number of hydrogen-bond acceptors (Lipinski definition) is 1. The zero-order chi connectivity index (χ0) is 19.4. The largest absolute Gasteiger partial charge is 0.358 e. The highest BCUT2D eigenvalue weighted by molar-refractivity contribution is 6.18. The molecule has 5 aromatic rings. The van der Waals surface area contributed by atoms with Crippen LogP contribution in [0.5, 0.6) is 0 Å². The van der Waals surface area contributed by atoms with Gasteiger partial charge in [-0.25, -0.2) is 0 Å². The van der Waals surface area contributed by atoms with E-state index in [1.54, 1.807) is 0 Å². The number of fused-ring (bicyclic) bond motifs is 8. The zero-order valence-electron chi connectivity index (χ0n) is 16.3. The fourth-order valence-corrected chi connectivity index (χ4v) is 6.05. The van der Waals surface area contributed by atoms with Gasteiger partial charge in [-0.15, -0.1) is 0 Å². The Balaban J connectivity index is 1.51. The van der Waals surface area contributed by atoms with Gasteiger partial charge in [-0.05, 0) is 69.3 Å². The van der Waals surface area contributed by atoms with Crippen LogP contribution in [-0.4, -0.2) is 4.98 Å². The third kappa shape index (κ3) is 1.68. The lowest BCUT2D eigenvalue weighted by atomic mass is 9.73. The lowest BCUT2D eigenvalue weighted by Crippen LogP contribution is -2.13. The molecule has 0 bridgehead atoms. The predicted octanol–water partition coefficient (Wildman–Crippen LogP) is 6.98. The molecule has 2 heteroatoms. The average Bonchev–Trinajstić information content (AvgIpc) is 3.34. The molecule has 0 spiro atoms. The number of aromatic amines is 1. The van der Waals surface area contributed by atoms with Crippen molar-refractivity contribution >= 4 is 49.9 Å². The van der Waals surface area contributed by atoms with Crippen molar-refractivity contribution < 1.29 is 0 Å². The summed E-state index contributed by atoms with van der Waals surface area (Å²) >= 11 is 0. The van der Waals surface area contributed by atoms with E-state index in [1.165, 1.54) is 71.8 Å². The van der Waals surface area contributed by atoms with Gasteiger partial charge in [-0.1, -0.05) is 54.6 Å². The van der Waals surface area contributed by atoms with Crippen LogP contribution < -0.4 is 5.32 Å². The minimum atomic E-state index is 0.325. The molecule has 1 unspecified atom stereocenters. The molecule has 4 aromatic carbocycles. The zero-order valence-corrected chi connectivity index (χ0v) is 16.3. The van der Waals surface area contributed by atoms with Crippen molar-refractivity contribution in [2.75, 3.05) is 5.32 Å². The highest BCUT2D eigenvalue weighted by Gasteiger charge is 2.36. The molecular formula is C28H18N2. The summed E-state index contributed by atoms with van der Waals surface area (Å²) in [6.45, 7) is 0. The number of benzene rings is 4.